The summed E-state index contributed by atoms with van der Waals surface area (Å²) in [6.45, 7) is 0.224. The Balaban J connectivity index is 1.71. The molecule has 2 aromatic rings. The second kappa shape index (κ2) is 8.14. The van der Waals surface area contributed by atoms with Crippen molar-refractivity contribution in [3.63, 3.8) is 0 Å². The van der Waals surface area contributed by atoms with Crippen LogP contribution < -0.4 is 10.7 Å². The molecule has 2 amide bonds. The molecule has 0 radical (unpaired) electrons. The third kappa shape index (κ3) is 4.85. The van der Waals surface area contributed by atoms with Crippen LogP contribution in [-0.2, 0) is 4.79 Å². The molecule has 0 saturated carbocycles. The Morgan fingerprint density at radius 3 is 2.77 bits per heavy atom. The van der Waals surface area contributed by atoms with Gasteiger partial charge in [-0.2, -0.15) is 5.10 Å². The van der Waals surface area contributed by atoms with Crippen molar-refractivity contribution < 1.29 is 14.0 Å². The number of benzene rings is 1. The third-order valence-electron chi connectivity index (χ3n) is 2.68. The van der Waals surface area contributed by atoms with Crippen LogP contribution in [0.4, 0.5) is 0 Å². The number of rotatable bonds is 6. The van der Waals surface area contributed by atoms with Gasteiger partial charge in [0.15, 0.2) is 0 Å². The van der Waals surface area contributed by atoms with Crippen LogP contribution >= 0.6 is 15.9 Å². The second-order valence-electron chi connectivity index (χ2n) is 4.29. The molecule has 0 aliphatic carbocycles. The van der Waals surface area contributed by atoms with Crippen molar-refractivity contribution in [3.8, 4) is 0 Å². The van der Waals surface area contributed by atoms with E-state index in [4.69, 9.17) is 4.42 Å². The van der Waals surface area contributed by atoms with Crippen LogP contribution in [0.2, 0.25) is 0 Å². The standard InChI is InChI=1S/C15H14BrN3O3/c16-13-6-2-1-5-12(13)15(21)17-8-7-14(20)19-18-10-11-4-3-9-22-11/h1-6,9-10H,7-8H2,(H,17,21)(H,19,20)/b18-10-. The minimum atomic E-state index is -0.296. The summed E-state index contributed by atoms with van der Waals surface area (Å²) in [5.41, 5.74) is 2.88. The van der Waals surface area contributed by atoms with Crippen molar-refractivity contribution in [2.45, 2.75) is 6.42 Å². The maximum absolute atomic E-state index is 11.9. The van der Waals surface area contributed by atoms with E-state index < -0.39 is 0 Å². The summed E-state index contributed by atoms with van der Waals surface area (Å²) in [7, 11) is 0. The average Bonchev–Trinajstić information content (AvgIpc) is 3.01. The van der Waals surface area contributed by atoms with Crippen LogP contribution in [0.15, 0.2) is 56.7 Å². The van der Waals surface area contributed by atoms with E-state index >= 15 is 0 Å². The number of hydrogen-bond donors (Lipinski definition) is 2. The van der Waals surface area contributed by atoms with Gasteiger partial charge in [-0.15, -0.1) is 0 Å². The number of nitrogens with one attached hydrogen (secondary N) is 2. The van der Waals surface area contributed by atoms with E-state index in [-0.39, 0.29) is 24.8 Å². The lowest BCUT2D eigenvalue weighted by molar-refractivity contribution is -0.120. The quantitative estimate of drug-likeness (QED) is 0.610. The first-order valence-corrected chi connectivity index (χ1v) is 7.34. The molecule has 1 aromatic carbocycles. The number of carbonyl (C=O) groups excluding carboxylic acids is 2. The van der Waals surface area contributed by atoms with E-state index in [9.17, 15) is 9.59 Å². The fourth-order valence-corrected chi connectivity index (χ4v) is 2.08. The second-order valence-corrected chi connectivity index (χ2v) is 5.15. The van der Waals surface area contributed by atoms with Crippen molar-refractivity contribution in [2.24, 2.45) is 5.10 Å². The number of furan rings is 1. The van der Waals surface area contributed by atoms with E-state index in [2.05, 4.69) is 31.8 Å². The number of halogens is 1. The van der Waals surface area contributed by atoms with Crippen molar-refractivity contribution in [3.05, 3.63) is 58.5 Å². The van der Waals surface area contributed by atoms with Gasteiger partial charge < -0.3 is 9.73 Å². The van der Waals surface area contributed by atoms with Gasteiger partial charge in [-0.25, -0.2) is 5.43 Å². The predicted molar refractivity (Wildman–Crippen MR) is 85.5 cm³/mol. The van der Waals surface area contributed by atoms with Gasteiger partial charge in [-0.1, -0.05) is 12.1 Å². The molecule has 1 heterocycles. The van der Waals surface area contributed by atoms with E-state index in [1.165, 1.54) is 12.5 Å². The molecule has 0 saturated heterocycles. The highest BCUT2D eigenvalue weighted by Gasteiger charge is 2.09. The molecule has 7 heteroatoms. The van der Waals surface area contributed by atoms with E-state index in [0.717, 1.165) is 0 Å². The summed E-state index contributed by atoms with van der Waals surface area (Å²) in [6, 6.07) is 10.5. The number of hydrazone groups is 1. The molecule has 0 fully saturated rings. The average molecular weight is 364 g/mol. The molecule has 6 nitrogen and oxygen atoms in total. The first-order valence-electron chi connectivity index (χ1n) is 6.55. The molecule has 0 unspecified atom stereocenters. The lowest BCUT2D eigenvalue weighted by Gasteiger charge is -2.06. The molecule has 0 atom stereocenters. The topological polar surface area (TPSA) is 83.7 Å². The van der Waals surface area contributed by atoms with E-state index in [0.29, 0.717) is 15.8 Å². The molecule has 0 bridgehead atoms. The summed E-state index contributed by atoms with van der Waals surface area (Å²) >= 11 is 3.30. The maximum atomic E-state index is 11.9. The van der Waals surface area contributed by atoms with Crippen molar-refractivity contribution in [1.29, 1.82) is 0 Å². The third-order valence-corrected chi connectivity index (χ3v) is 3.37. The SMILES string of the molecule is O=C(CCNC(=O)c1ccccc1Br)N/N=C\c1ccco1. The smallest absolute Gasteiger partial charge is 0.252 e. The summed E-state index contributed by atoms with van der Waals surface area (Å²) in [4.78, 5) is 23.4. The van der Waals surface area contributed by atoms with Gasteiger partial charge >= 0.3 is 0 Å². The van der Waals surface area contributed by atoms with E-state index in [1.807, 2.05) is 6.07 Å². The van der Waals surface area contributed by atoms with Gasteiger partial charge in [-0.3, -0.25) is 9.59 Å². The molecule has 2 rings (SSSR count). The Bertz CT molecular complexity index is 668. The fourth-order valence-electron chi connectivity index (χ4n) is 1.62. The predicted octanol–water partition coefficient (Wildman–Crippen LogP) is 2.31. The Morgan fingerprint density at radius 1 is 1.23 bits per heavy atom. The van der Waals surface area contributed by atoms with Crippen LogP contribution in [0.5, 0.6) is 0 Å². The van der Waals surface area contributed by atoms with Crippen molar-refractivity contribution in [1.82, 2.24) is 10.7 Å². The van der Waals surface area contributed by atoms with Crippen LogP contribution in [0, 0.1) is 0 Å². The number of nitrogens with zero attached hydrogens (tertiary/aromatic N) is 1. The lowest BCUT2D eigenvalue weighted by atomic mass is 10.2. The summed E-state index contributed by atoms with van der Waals surface area (Å²) in [6.07, 6.45) is 3.05. The highest BCUT2D eigenvalue weighted by molar-refractivity contribution is 9.10. The van der Waals surface area contributed by atoms with Gasteiger partial charge in [0.25, 0.3) is 5.91 Å². The minimum Gasteiger partial charge on any atom is -0.463 e. The number of amides is 2. The summed E-state index contributed by atoms with van der Waals surface area (Å²) in [5, 5.41) is 6.42. The zero-order valence-electron chi connectivity index (χ0n) is 11.6. The van der Waals surface area contributed by atoms with Crippen molar-refractivity contribution >= 4 is 34.0 Å². The van der Waals surface area contributed by atoms with Gasteiger partial charge in [0.2, 0.25) is 5.91 Å². The highest BCUT2D eigenvalue weighted by atomic mass is 79.9. The molecule has 2 N–H and O–H groups in total. The number of carbonyl (C=O) groups is 2. The Morgan fingerprint density at radius 2 is 2.05 bits per heavy atom. The lowest BCUT2D eigenvalue weighted by Crippen LogP contribution is -2.29. The molecule has 22 heavy (non-hydrogen) atoms. The zero-order valence-corrected chi connectivity index (χ0v) is 13.2. The molecule has 0 aliphatic heterocycles. The normalized spacial score (nSPS) is 10.6. The van der Waals surface area contributed by atoms with Crippen LogP contribution in [-0.4, -0.2) is 24.6 Å². The Hall–Kier alpha value is -2.41. The summed E-state index contributed by atoms with van der Waals surface area (Å²) in [5.74, 6) is 0.0112. The van der Waals surface area contributed by atoms with Gasteiger partial charge in [0.05, 0.1) is 18.0 Å². The van der Waals surface area contributed by atoms with Crippen LogP contribution in [0.25, 0.3) is 0 Å². The van der Waals surface area contributed by atoms with Crippen molar-refractivity contribution in [2.75, 3.05) is 6.54 Å². The molecule has 0 spiro atoms. The van der Waals surface area contributed by atoms with Crippen LogP contribution in [0.1, 0.15) is 22.5 Å². The molecule has 0 aliphatic rings. The maximum Gasteiger partial charge on any atom is 0.252 e. The molecular weight excluding hydrogens is 350 g/mol. The highest BCUT2D eigenvalue weighted by Crippen LogP contribution is 2.15. The Kier molecular flexibility index (Phi) is 5.91. The monoisotopic (exact) mass is 363 g/mol. The fraction of sp³-hybridized carbons (Fsp3) is 0.133. The van der Waals surface area contributed by atoms with Crippen LogP contribution in [0.3, 0.4) is 0 Å². The van der Waals surface area contributed by atoms with Gasteiger partial charge in [-0.05, 0) is 40.2 Å². The first kappa shape index (κ1) is 16.0. The number of hydrogen-bond acceptors (Lipinski definition) is 4. The summed E-state index contributed by atoms with van der Waals surface area (Å²) < 4.78 is 5.73. The molecule has 114 valence electrons. The Labute approximate surface area is 135 Å². The van der Waals surface area contributed by atoms with E-state index in [1.54, 1.807) is 30.3 Å². The molecular formula is C15H14BrN3O3. The molecule has 1 aromatic heterocycles. The van der Waals surface area contributed by atoms with Gasteiger partial charge in [0, 0.05) is 17.4 Å². The van der Waals surface area contributed by atoms with Gasteiger partial charge in [0.1, 0.15) is 5.76 Å². The zero-order chi connectivity index (χ0) is 15.8. The minimum absolute atomic E-state index is 0.131. The largest absolute Gasteiger partial charge is 0.463 e. The first-order chi connectivity index (χ1) is 10.7.